The van der Waals surface area contributed by atoms with Crippen molar-refractivity contribution in [2.45, 2.75) is 12.7 Å². The topological polar surface area (TPSA) is 34.9 Å². The highest BCUT2D eigenvalue weighted by atomic mass is 19.4. The molecule has 94 valence electrons. The molecule has 2 heterocycles. The van der Waals surface area contributed by atoms with Crippen molar-refractivity contribution in [2.24, 2.45) is 0 Å². The largest absolute Gasteiger partial charge is 0.417 e. The van der Waals surface area contributed by atoms with E-state index in [9.17, 15) is 18.0 Å². The molecule has 6 heteroatoms. The molecule has 0 aromatic carbocycles. The highest BCUT2D eigenvalue weighted by Crippen LogP contribution is 2.28. The summed E-state index contributed by atoms with van der Waals surface area (Å²) in [4.78, 5) is 15.4. The molecule has 0 spiro atoms. The summed E-state index contributed by atoms with van der Waals surface area (Å²) in [7, 11) is 0. The number of nitrogens with zero attached hydrogens (tertiary/aromatic N) is 2. The monoisotopic (exact) mass is 254 g/mol. The first-order chi connectivity index (χ1) is 8.47. The number of aromatic nitrogens is 2. The Bertz CT molecular complexity index is 590. The van der Waals surface area contributed by atoms with E-state index in [4.69, 9.17) is 0 Å². The third-order valence-corrected chi connectivity index (χ3v) is 2.37. The molecule has 0 amide bonds. The highest BCUT2D eigenvalue weighted by molar-refractivity contribution is 5.15. The third kappa shape index (κ3) is 2.77. The molecule has 18 heavy (non-hydrogen) atoms. The van der Waals surface area contributed by atoms with Gasteiger partial charge >= 0.3 is 6.18 Å². The minimum absolute atomic E-state index is 0.0175. The van der Waals surface area contributed by atoms with Gasteiger partial charge in [-0.15, -0.1) is 0 Å². The minimum atomic E-state index is -4.46. The maximum absolute atomic E-state index is 12.5. The fourth-order valence-electron chi connectivity index (χ4n) is 1.49. The fourth-order valence-corrected chi connectivity index (χ4v) is 1.49. The summed E-state index contributed by atoms with van der Waals surface area (Å²) in [5, 5.41) is 0. The molecule has 0 radical (unpaired) electrons. The van der Waals surface area contributed by atoms with Crippen LogP contribution in [0.4, 0.5) is 13.2 Å². The Labute approximate surface area is 101 Å². The SMILES string of the molecule is O=c1ccc(C(F)(F)F)cn1Cc1ccccn1. The predicted octanol–water partition coefficient (Wildman–Crippen LogP) is 2.31. The second-order valence-corrected chi connectivity index (χ2v) is 3.70. The van der Waals surface area contributed by atoms with Gasteiger partial charge in [0, 0.05) is 18.5 Å². The second kappa shape index (κ2) is 4.64. The average molecular weight is 254 g/mol. The van der Waals surface area contributed by atoms with Gasteiger partial charge in [-0.3, -0.25) is 9.78 Å². The Hall–Kier alpha value is -2.11. The van der Waals surface area contributed by atoms with E-state index >= 15 is 0 Å². The summed E-state index contributed by atoms with van der Waals surface area (Å²) in [5.41, 5.74) is -0.814. The van der Waals surface area contributed by atoms with Crippen LogP contribution in [0.1, 0.15) is 11.3 Å². The van der Waals surface area contributed by atoms with Gasteiger partial charge in [-0.25, -0.2) is 0 Å². The van der Waals surface area contributed by atoms with Crippen molar-refractivity contribution in [1.29, 1.82) is 0 Å². The lowest BCUT2D eigenvalue weighted by atomic mass is 10.2. The first kappa shape index (κ1) is 12.3. The summed E-state index contributed by atoms with van der Waals surface area (Å²) in [6, 6.07) is 6.73. The van der Waals surface area contributed by atoms with E-state index < -0.39 is 17.3 Å². The van der Waals surface area contributed by atoms with Crippen molar-refractivity contribution >= 4 is 0 Å². The van der Waals surface area contributed by atoms with E-state index in [-0.39, 0.29) is 6.54 Å². The number of hydrogen-bond donors (Lipinski definition) is 0. The molecular weight excluding hydrogens is 245 g/mol. The first-order valence-electron chi connectivity index (χ1n) is 5.14. The van der Waals surface area contributed by atoms with Gasteiger partial charge in [-0.2, -0.15) is 13.2 Å². The van der Waals surface area contributed by atoms with Gasteiger partial charge in [-0.1, -0.05) is 6.07 Å². The van der Waals surface area contributed by atoms with Crippen molar-refractivity contribution in [1.82, 2.24) is 9.55 Å². The molecule has 0 fully saturated rings. The Morgan fingerprint density at radius 1 is 1.17 bits per heavy atom. The lowest BCUT2D eigenvalue weighted by molar-refractivity contribution is -0.138. The number of halogens is 3. The zero-order chi connectivity index (χ0) is 13.2. The van der Waals surface area contributed by atoms with E-state index in [2.05, 4.69) is 4.98 Å². The van der Waals surface area contributed by atoms with Crippen molar-refractivity contribution in [3.8, 4) is 0 Å². The van der Waals surface area contributed by atoms with Gasteiger partial charge in [0.1, 0.15) is 0 Å². The Balaban J connectivity index is 2.36. The van der Waals surface area contributed by atoms with E-state index in [1.165, 1.54) is 6.20 Å². The van der Waals surface area contributed by atoms with Gasteiger partial charge < -0.3 is 4.57 Å². The Kier molecular flexibility index (Phi) is 3.18. The van der Waals surface area contributed by atoms with E-state index in [1.54, 1.807) is 18.2 Å². The molecule has 0 bridgehead atoms. The van der Waals surface area contributed by atoms with Crippen LogP contribution in [-0.4, -0.2) is 9.55 Å². The normalized spacial score (nSPS) is 11.5. The predicted molar refractivity (Wildman–Crippen MR) is 59.0 cm³/mol. The van der Waals surface area contributed by atoms with E-state index in [0.29, 0.717) is 5.69 Å². The maximum atomic E-state index is 12.5. The van der Waals surface area contributed by atoms with Crippen LogP contribution < -0.4 is 5.56 Å². The first-order valence-corrected chi connectivity index (χ1v) is 5.14. The molecule has 0 N–H and O–H groups in total. The van der Waals surface area contributed by atoms with Crippen molar-refractivity contribution in [3.63, 3.8) is 0 Å². The summed E-state index contributed by atoms with van der Waals surface area (Å²) >= 11 is 0. The molecule has 0 unspecified atom stereocenters. The van der Waals surface area contributed by atoms with Crippen LogP contribution in [-0.2, 0) is 12.7 Å². The second-order valence-electron chi connectivity index (χ2n) is 3.70. The van der Waals surface area contributed by atoms with E-state index in [1.807, 2.05) is 0 Å². The van der Waals surface area contributed by atoms with Crippen LogP contribution in [0.25, 0.3) is 0 Å². The Morgan fingerprint density at radius 3 is 2.56 bits per heavy atom. The van der Waals surface area contributed by atoms with Gasteiger partial charge in [-0.05, 0) is 18.2 Å². The van der Waals surface area contributed by atoms with Crippen LogP contribution in [0.3, 0.4) is 0 Å². The third-order valence-electron chi connectivity index (χ3n) is 2.37. The fraction of sp³-hybridized carbons (Fsp3) is 0.167. The van der Waals surface area contributed by atoms with Gasteiger partial charge in [0.2, 0.25) is 0 Å². The lowest BCUT2D eigenvalue weighted by Crippen LogP contribution is -2.22. The summed E-state index contributed by atoms with van der Waals surface area (Å²) in [6.07, 6.45) is -2.13. The van der Waals surface area contributed by atoms with Gasteiger partial charge in [0.05, 0.1) is 17.8 Å². The molecule has 0 aliphatic rings. The average Bonchev–Trinajstić information content (AvgIpc) is 2.32. The summed E-state index contributed by atoms with van der Waals surface area (Å²) in [5.74, 6) is 0. The smallest absolute Gasteiger partial charge is 0.309 e. The number of alkyl halides is 3. The molecule has 0 aliphatic heterocycles. The minimum Gasteiger partial charge on any atom is -0.309 e. The van der Waals surface area contributed by atoms with Crippen molar-refractivity contribution < 1.29 is 13.2 Å². The van der Waals surface area contributed by atoms with Crippen LogP contribution in [0.5, 0.6) is 0 Å². The van der Waals surface area contributed by atoms with Crippen LogP contribution in [0.15, 0.2) is 47.5 Å². The Morgan fingerprint density at radius 2 is 1.94 bits per heavy atom. The molecule has 2 aromatic rings. The van der Waals surface area contributed by atoms with E-state index in [0.717, 1.165) is 22.9 Å². The molecule has 0 atom stereocenters. The number of rotatable bonds is 2. The number of pyridine rings is 2. The lowest BCUT2D eigenvalue weighted by Gasteiger charge is -2.10. The summed E-state index contributed by atoms with van der Waals surface area (Å²) < 4.78 is 38.5. The van der Waals surface area contributed by atoms with Crippen LogP contribution >= 0.6 is 0 Å². The van der Waals surface area contributed by atoms with Gasteiger partial charge in [0.15, 0.2) is 0 Å². The van der Waals surface area contributed by atoms with Crippen LogP contribution in [0.2, 0.25) is 0 Å². The number of hydrogen-bond acceptors (Lipinski definition) is 2. The zero-order valence-corrected chi connectivity index (χ0v) is 9.19. The molecule has 0 saturated heterocycles. The molecule has 3 nitrogen and oxygen atoms in total. The quantitative estimate of drug-likeness (QED) is 0.824. The van der Waals surface area contributed by atoms with Crippen LogP contribution in [0, 0.1) is 0 Å². The zero-order valence-electron chi connectivity index (χ0n) is 9.19. The summed E-state index contributed by atoms with van der Waals surface area (Å²) in [6.45, 7) is 0.0175. The molecular formula is C12H9F3N2O. The standard InChI is InChI=1S/C12H9F3N2O/c13-12(14,15)9-4-5-11(18)17(7-9)8-10-3-1-2-6-16-10/h1-7H,8H2. The molecule has 0 aliphatic carbocycles. The highest BCUT2D eigenvalue weighted by Gasteiger charge is 2.31. The van der Waals surface area contributed by atoms with Crippen molar-refractivity contribution in [2.75, 3.05) is 0 Å². The maximum Gasteiger partial charge on any atom is 0.417 e. The molecule has 2 aromatic heterocycles. The molecule has 0 saturated carbocycles. The molecule has 2 rings (SSSR count). The van der Waals surface area contributed by atoms with Crippen molar-refractivity contribution in [3.05, 3.63) is 64.3 Å². The van der Waals surface area contributed by atoms with Gasteiger partial charge in [0.25, 0.3) is 5.56 Å².